The molecule has 1 aliphatic heterocycles. The Morgan fingerprint density at radius 2 is 2.11 bits per heavy atom. The standard InChI is InChI=1S/C20H27FN4O2/c1-3-18-23-20(27-24-18)14(2)25-12-9-16(10-13-25)19(26)22-11-8-15-6-4-5-7-17(15)21/h4-7,14,16H,3,8-13H2,1-2H3,(H,22,26). The van der Waals surface area contributed by atoms with Gasteiger partial charge in [-0.25, -0.2) is 4.39 Å². The number of hydrogen-bond acceptors (Lipinski definition) is 5. The second-order valence-corrected chi connectivity index (χ2v) is 7.02. The van der Waals surface area contributed by atoms with Gasteiger partial charge in [-0.15, -0.1) is 0 Å². The van der Waals surface area contributed by atoms with Crippen LogP contribution in [0.2, 0.25) is 0 Å². The number of carbonyl (C=O) groups is 1. The van der Waals surface area contributed by atoms with Gasteiger partial charge in [0.25, 0.3) is 0 Å². The molecular formula is C20H27FN4O2. The molecule has 1 atom stereocenters. The number of aromatic nitrogens is 2. The monoisotopic (exact) mass is 374 g/mol. The first-order chi connectivity index (χ1) is 13.1. The Bertz CT molecular complexity index is 756. The SMILES string of the molecule is CCc1noc(C(C)N2CCC(C(=O)NCCc3ccccc3F)CC2)n1. The first kappa shape index (κ1) is 19.5. The van der Waals surface area contributed by atoms with E-state index >= 15 is 0 Å². The summed E-state index contributed by atoms with van der Waals surface area (Å²) < 4.78 is 19.0. The number of aryl methyl sites for hydroxylation is 1. The van der Waals surface area contributed by atoms with Gasteiger partial charge >= 0.3 is 0 Å². The Balaban J connectivity index is 1.43. The lowest BCUT2D eigenvalue weighted by molar-refractivity contribution is -0.126. The first-order valence-corrected chi connectivity index (χ1v) is 9.66. The van der Waals surface area contributed by atoms with Gasteiger partial charge in [-0.1, -0.05) is 30.3 Å². The van der Waals surface area contributed by atoms with E-state index in [1.165, 1.54) is 6.07 Å². The highest BCUT2D eigenvalue weighted by Crippen LogP contribution is 2.26. The molecule has 1 amide bonds. The molecule has 1 fully saturated rings. The van der Waals surface area contributed by atoms with E-state index in [1.807, 2.05) is 13.0 Å². The third-order valence-electron chi connectivity index (χ3n) is 5.26. The van der Waals surface area contributed by atoms with Crippen molar-refractivity contribution in [3.8, 4) is 0 Å². The maximum atomic E-state index is 13.6. The van der Waals surface area contributed by atoms with Crippen molar-refractivity contribution in [3.05, 3.63) is 47.4 Å². The summed E-state index contributed by atoms with van der Waals surface area (Å²) >= 11 is 0. The third kappa shape index (κ3) is 4.91. The number of halogens is 1. The molecule has 0 radical (unpaired) electrons. The van der Waals surface area contributed by atoms with E-state index in [0.29, 0.717) is 24.4 Å². The molecule has 3 rings (SSSR count). The van der Waals surface area contributed by atoms with Crippen LogP contribution in [0.5, 0.6) is 0 Å². The molecule has 6 nitrogen and oxygen atoms in total. The number of likely N-dealkylation sites (tertiary alicyclic amines) is 1. The van der Waals surface area contributed by atoms with E-state index in [1.54, 1.807) is 12.1 Å². The lowest BCUT2D eigenvalue weighted by Gasteiger charge is -2.33. The molecule has 0 aliphatic carbocycles. The van der Waals surface area contributed by atoms with Gasteiger partial charge in [0, 0.05) is 18.9 Å². The van der Waals surface area contributed by atoms with Crippen LogP contribution in [0.3, 0.4) is 0 Å². The topological polar surface area (TPSA) is 71.3 Å². The molecular weight excluding hydrogens is 347 g/mol. The number of benzene rings is 1. The first-order valence-electron chi connectivity index (χ1n) is 9.66. The predicted octanol–water partition coefficient (Wildman–Crippen LogP) is 2.90. The fourth-order valence-electron chi connectivity index (χ4n) is 3.45. The highest BCUT2D eigenvalue weighted by molar-refractivity contribution is 5.78. The van der Waals surface area contributed by atoms with Crippen molar-refractivity contribution in [1.29, 1.82) is 0 Å². The van der Waals surface area contributed by atoms with Crippen LogP contribution < -0.4 is 5.32 Å². The van der Waals surface area contributed by atoms with E-state index in [4.69, 9.17) is 4.52 Å². The van der Waals surface area contributed by atoms with Gasteiger partial charge in [0.1, 0.15) is 5.82 Å². The van der Waals surface area contributed by atoms with E-state index in [-0.39, 0.29) is 23.7 Å². The summed E-state index contributed by atoms with van der Waals surface area (Å²) in [4.78, 5) is 19.1. The van der Waals surface area contributed by atoms with Gasteiger partial charge in [-0.3, -0.25) is 9.69 Å². The molecule has 1 aromatic heterocycles. The maximum Gasteiger partial charge on any atom is 0.243 e. The predicted molar refractivity (Wildman–Crippen MR) is 99.5 cm³/mol. The third-order valence-corrected chi connectivity index (χ3v) is 5.26. The number of hydrogen-bond donors (Lipinski definition) is 1. The molecule has 1 aliphatic rings. The average Bonchev–Trinajstić information content (AvgIpc) is 3.18. The number of carbonyl (C=O) groups excluding carboxylic acids is 1. The van der Waals surface area contributed by atoms with E-state index < -0.39 is 0 Å². The smallest absolute Gasteiger partial charge is 0.243 e. The number of rotatable bonds is 7. The Morgan fingerprint density at radius 3 is 2.78 bits per heavy atom. The minimum Gasteiger partial charge on any atom is -0.356 e. The average molecular weight is 374 g/mol. The quantitative estimate of drug-likeness (QED) is 0.807. The van der Waals surface area contributed by atoms with Crippen LogP contribution in [0.25, 0.3) is 0 Å². The summed E-state index contributed by atoms with van der Waals surface area (Å²) in [5, 5.41) is 6.90. The molecule has 1 N–H and O–H groups in total. The largest absolute Gasteiger partial charge is 0.356 e. The van der Waals surface area contributed by atoms with Gasteiger partial charge in [0.2, 0.25) is 11.8 Å². The molecule has 0 spiro atoms. The van der Waals surface area contributed by atoms with Gasteiger partial charge in [0.15, 0.2) is 5.82 Å². The fraction of sp³-hybridized carbons (Fsp3) is 0.550. The van der Waals surface area contributed by atoms with E-state index in [9.17, 15) is 9.18 Å². The summed E-state index contributed by atoms with van der Waals surface area (Å²) in [5.74, 6) is 1.20. The summed E-state index contributed by atoms with van der Waals surface area (Å²) in [5.41, 5.74) is 0.632. The number of piperidine rings is 1. The van der Waals surface area contributed by atoms with Crippen LogP contribution in [0, 0.1) is 11.7 Å². The van der Waals surface area contributed by atoms with Gasteiger partial charge in [-0.05, 0) is 50.9 Å². The minimum atomic E-state index is -0.221. The molecule has 2 aromatic rings. The maximum absolute atomic E-state index is 13.6. The van der Waals surface area contributed by atoms with Crippen LogP contribution in [0.15, 0.2) is 28.8 Å². The molecule has 7 heteroatoms. The Labute approximate surface area is 159 Å². The number of nitrogens with zero attached hydrogens (tertiary/aromatic N) is 3. The summed E-state index contributed by atoms with van der Waals surface area (Å²) in [6.07, 6.45) is 2.85. The lowest BCUT2D eigenvalue weighted by atomic mass is 9.95. The van der Waals surface area contributed by atoms with Crippen LogP contribution >= 0.6 is 0 Å². The summed E-state index contributed by atoms with van der Waals surface area (Å²) in [6, 6.07) is 6.74. The van der Waals surface area contributed by atoms with Crippen LogP contribution in [-0.2, 0) is 17.6 Å². The van der Waals surface area contributed by atoms with Crippen molar-refractivity contribution in [3.63, 3.8) is 0 Å². The van der Waals surface area contributed by atoms with Gasteiger partial charge in [-0.2, -0.15) is 4.98 Å². The Kier molecular flexibility index (Phi) is 6.55. The zero-order valence-electron chi connectivity index (χ0n) is 15.9. The van der Waals surface area contributed by atoms with Crippen molar-refractivity contribution in [2.45, 2.75) is 45.6 Å². The Morgan fingerprint density at radius 1 is 1.37 bits per heavy atom. The van der Waals surface area contributed by atoms with E-state index in [0.717, 1.165) is 38.2 Å². The second kappa shape index (κ2) is 9.08. The van der Waals surface area contributed by atoms with Crippen molar-refractivity contribution in [2.75, 3.05) is 19.6 Å². The fourth-order valence-corrected chi connectivity index (χ4v) is 3.45. The van der Waals surface area contributed by atoms with Crippen molar-refractivity contribution < 1.29 is 13.7 Å². The molecule has 0 bridgehead atoms. The second-order valence-electron chi connectivity index (χ2n) is 7.02. The van der Waals surface area contributed by atoms with Crippen molar-refractivity contribution in [2.24, 2.45) is 5.92 Å². The van der Waals surface area contributed by atoms with Crippen LogP contribution in [-0.4, -0.2) is 40.6 Å². The molecule has 0 saturated carbocycles. The lowest BCUT2D eigenvalue weighted by Crippen LogP contribution is -2.41. The zero-order chi connectivity index (χ0) is 19.2. The van der Waals surface area contributed by atoms with Crippen molar-refractivity contribution in [1.82, 2.24) is 20.4 Å². The van der Waals surface area contributed by atoms with Crippen LogP contribution in [0.4, 0.5) is 4.39 Å². The van der Waals surface area contributed by atoms with Crippen LogP contribution in [0.1, 0.15) is 50.0 Å². The molecule has 2 heterocycles. The Hall–Kier alpha value is -2.28. The highest BCUT2D eigenvalue weighted by atomic mass is 19.1. The molecule has 146 valence electrons. The minimum absolute atomic E-state index is 0.00274. The number of amides is 1. The van der Waals surface area contributed by atoms with Crippen molar-refractivity contribution >= 4 is 5.91 Å². The molecule has 1 aromatic carbocycles. The normalized spacial score (nSPS) is 17.0. The van der Waals surface area contributed by atoms with E-state index in [2.05, 4.69) is 27.3 Å². The molecule has 1 saturated heterocycles. The summed E-state index contributed by atoms with van der Waals surface area (Å²) in [7, 11) is 0. The summed E-state index contributed by atoms with van der Waals surface area (Å²) in [6.45, 7) is 6.14. The number of nitrogens with one attached hydrogen (secondary N) is 1. The molecule has 1 unspecified atom stereocenters. The zero-order valence-corrected chi connectivity index (χ0v) is 15.9. The van der Waals surface area contributed by atoms with Gasteiger partial charge in [0.05, 0.1) is 6.04 Å². The van der Waals surface area contributed by atoms with Gasteiger partial charge < -0.3 is 9.84 Å². The highest BCUT2D eigenvalue weighted by Gasteiger charge is 2.29. The molecule has 27 heavy (non-hydrogen) atoms.